The minimum absolute atomic E-state index is 0.141. The Morgan fingerprint density at radius 2 is 2.07 bits per heavy atom. The summed E-state index contributed by atoms with van der Waals surface area (Å²) in [6, 6.07) is 5.55. The van der Waals surface area contributed by atoms with Crippen molar-refractivity contribution >= 4 is 33.2 Å². The Balaban J connectivity index is 1.59. The number of nitrogens with zero attached hydrogens (tertiary/aromatic N) is 2. The number of rotatable bonds is 4. The van der Waals surface area contributed by atoms with E-state index in [0.717, 1.165) is 31.2 Å². The standard InChI is InChI=1S/C18H15N3O5S/c22-16-15-11-6-2-4-8-13(11)27-17(15)20-14(19-16)9-26-18(23)10-5-1-3-7-12(10)21(24)25/h1,3,5,7H,2,4,6,8-9H2,(H,19,20,22). The number of aryl methyl sites for hydroxylation is 2. The van der Waals surface area contributed by atoms with Gasteiger partial charge in [-0.3, -0.25) is 14.9 Å². The molecule has 1 aliphatic rings. The second-order valence-electron chi connectivity index (χ2n) is 6.25. The van der Waals surface area contributed by atoms with Gasteiger partial charge in [-0.25, -0.2) is 9.78 Å². The molecule has 0 unspecified atom stereocenters. The summed E-state index contributed by atoms with van der Waals surface area (Å²) in [6.07, 6.45) is 4.01. The molecule has 1 N–H and O–H groups in total. The van der Waals surface area contributed by atoms with Gasteiger partial charge in [0.25, 0.3) is 11.2 Å². The molecule has 0 atom stereocenters. The van der Waals surface area contributed by atoms with Crippen molar-refractivity contribution in [2.75, 3.05) is 0 Å². The number of esters is 1. The lowest BCUT2D eigenvalue weighted by molar-refractivity contribution is -0.385. The van der Waals surface area contributed by atoms with Gasteiger partial charge in [0.1, 0.15) is 22.8 Å². The number of aromatic amines is 1. The lowest BCUT2D eigenvalue weighted by atomic mass is 9.97. The molecule has 0 spiro atoms. The lowest BCUT2D eigenvalue weighted by Gasteiger charge is -2.09. The van der Waals surface area contributed by atoms with Crippen LogP contribution in [0.15, 0.2) is 29.1 Å². The van der Waals surface area contributed by atoms with E-state index >= 15 is 0 Å². The number of nitrogens with one attached hydrogen (secondary N) is 1. The number of fused-ring (bicyclic) bond motifs is 3. The predicted molar refractivity (Wildman–Crippen MR) is 99.1 cm³/mol. The van der Waals surface area contributed by atoms with Crippen LogP contribution in [0.4, 0.5) is 5.69 Å². The van der Waals surface area contributed by atoms with Crippen molar-refractivity contribution in [3.8, 4) is 0 Å². The second-order valence-corrected chi connectivity index (χ2v) is 7.34. The smallest absolute Gasteiger partial charge is 0.345 e. The number of hydrogen-bond donors (Lipinski definition) is 1. The Hall–Kier alpha value is -3.07. The highest BCUT2D eigenvalue weighted by molar-refractivity contribution is 7.18. The van der Waals surface area contributed by atoms with Gasteiger partial charge in [-0.2, -0.15) is 0 Å². The maximum Gasteiger partial charge on any atom is 0.345 e. The molecule has 0 fully saturated rings. The number of ether oxygens (including phenoxy) is 1. The Morgan fingerprint density at radius 1 is 1.30 bits per heavy atom. The van der Waals surface area contributed by atoms with Crippen LogP contribution >= 0.6 is 11.3 Å². The number of thiophene rings is 1. The van der Waals surface area contributed by atoms with Crippen LogP contribution in [0.3, 0.4) is 0 Å². The van der Waals surface area contributed by atoms with Gasteiger partial charge in [-0.15, -0.1) is 11.3 Å². The molecule has 0 radical (unpaired) electrons. The van der Waals surface area contributed by atoms with Gasteiger partial charge >= 0.3 is 5.97 Å². The van der Waals surface area contributed by atoms with Crippen LogP contribution in [-0.2, 0) is 24.2 Å². The molecule has 1 aliphatic carbocycles. The predicted octanol–water partition coefficient (Wildman–Crippen LogP) is 3.13. The van der Waals surface area contributed by atoms with E-state index in [1.54, 1.807) is 0 Å². The number of para-hydroxylation sites is 1. The van der Waals surface area contributed by atoms with Gasteiger partial charge in [0, 0.05) is 10.9 Å². The monoisotopic (exact) mass is 385 g/mol. The molecule has 8 nitrogen and oxygen atoms in total. The molecule has 0 saturated heterocycles. The third-order valence-electron chi connectivity index (χ3n) is 4.53. The second kappa shape index (κ2) is 6.92. The summed E-state index contributed by atoms with van der Waals surface area (Å²) >= 11 is 1.50. The summed E-state index contributed by atoms with van der Waals surface area (Å²) in [4.78, 5) is 44.0. The third-order valence-corrected chi connectivity index (χ3v) is 5.72. The lowest BCUT2D eigenvalue weighted by Crippen LogP contribution is -2.15. The van der Waals surface area contributed by atoms with E-state index in [-0.39, 0.29) is 29.2 Å². The van der Waals surface area contributed by atoms with E-state index < -0.39 is 10.9 Å². The van der Waals surface area contributed by atoms with E-state index in [1.165, 1.54) is 40.5 Å². The maximum atomic E-state index is 12.5. The number of carbonyl (C=O) groups excluding carboxylic acids is 1. The molecule has 27 heavy (non-hydrogen) atoms. The zero-order valence-electron chi connectivity index (χ0n) is 14.2. The third kappa shape index (κ3) is 3.21. The zero-order chi connectivity index (χ0) is 19.0. The van der Waals surface area contributed by atoms with Crippen molar-refractivity contribution in [1.29, 1.82) is 0 Å². The number of nitro benzene ring substituents is 1. The molecule has 138 valence electrons. The summed E-state index contributed by atoms with van der Waals surface area (Å²) in [7, 11) is 0. The highest BCUT2D eigenvalue weighted by atomic mass is 32.1. The van der Waals surface area contributed by atoms with Gasteiger partial charge in [-0.1, -0.05) is 12.1 Å². The van der Waals surface area contributed by atoms with E-state index in [2.05, 4.69) is 9.97 Å². The van der Waals surface area contributed by atoms with Crippen LogP contribution < -0.4 is 5.56 Å². The highest BCUT2D eigenvalue weighted by Gasteiger charge is 2.22. The van der Waals surface area contributed by atoms with Crippen LogP contribution in [-0.4, -0.2) is 20.9 Å². The highest BCUT2D eigenvalue weighted by Crippen LogP contribution is 2.33. The first kappa shape index (κ1) is 17.3. The van der Waals surface area contributed by atoms with Crippen molar-refractivity contribution in [3.63, 3.8) is 0 Å². The van der Waals surface area contributed by atoms with Crippen LogP contribution in [0, 0.1) is 10.1 Å². The molecule has 0 amide bonds. The number of nitro groups is 1. The van der Waals surface area contributed by atoms with Crippen molar-refractivity contribution < 1.29 is 14.5 Å². The molecule has 0 aliphatic heterocycles. The Morgan fingerprint density at radius 3 is 2.89 bits per heavy atom. The van der Waals surface area contributed by atoms with Crippen LogP contribution in [0.25, 0.3) is 10.2 Å². The molecule has 2 heterocycles. The number of aromatic nitrogens is 2. The van der Waals surface area contributed by atoms with Crippen molar-refractivity contribution in [1.82, 2.24) is 9.97 Å². The first-order valence-electron chi connectivity index (χ1n) is 8.48. The quantitative estimate of drug-likeness (QED) is 0.419. The Kier molecular flexibility index (Phi) is 4.44. The summed E-state index contributed by atoms with van der Waals surface area (Å²) in [5, 5.41) is 11.7. The fraction of sp³-hybridized carbons (Fsp3) is 0.278. The minimum atomic E-state index is -0.837. The van der Waals surface area contributed by atoms with Gasteiger partial charge < -0.3 is 9.72 Å². The van der Waals surface area contributed by atoms with Crippen molar-refractivity contribution in [2.45, 2.75) is 32.3 Å². The average Bonchev–Trinajstić information content (AvgIpc) is 3.05. The fourth-order valence-corrected chi connectivity index (χ4v) is 4.57. The van der Waals surface area contributed by atoms with Gasteiger partial charge in [-0.05, 0) is 37.3 Å². The molecular weight excluding hydrogens is 370 g/mol. The number of H-pyrrole nitrogens is 1. The van der Waals surface area contributed by atoms with Gasteiger partial charge in [0.05, 0.1) is 10.3 Å². The first-order valence-corrected chi connectivity index (χ1v) is 9.30. The minimum Gasteiger partial charge on any atom is -0.454 e. The van der Waals surface area contributed by atoms with E-state index in [9.17, 15) is 19.7 Å². The number of hydrogen-bond acceptors (Lipinski definition) is 7. The fourth-order valence-electron chi connectivity index (χ4n) is 3.29. The van der Waals surface area contributed by atoms with E-state index in [1.807, 2.05) is 0 Å². The normalized spacial score (nSPS) is 13.3. The summed E-state index contributed by atoms with van der Waals surface area (Å²) in [6.45, 7) is -0.265. The van der Waals surface area contributed by atoms with Crippen LogP contribution in [0.5, 0.6) is 0 Å². The number of benzene rings is 1. The van der Waals surface area contributed by atoms with Crippen LogP contribution in [0.2, 0.25) is 0 Å². The van der Waals surface area contributed by atoms with Crippen LogP contribution in [0.1, 0.15) is 39.5 Å². The molecule has 0 saturated carbocycles. The largest absolute Gasteiger partial charge is 0.454 e. The summed E-state index contributed by atoms with van der Waals surface area (Å²) in [5.74, 6) is -0.617. The van der Waals surface area contributed by atoms with Gasteiger partial charge in [0.15, 0.2) is 0 Å². The SMILES string of the molecule is O=C(OCc1nc2sc3c(c2c(=O)[nH]1)CCCC3)c1ccccc1[N+](=O)[O-]. The van der Waals surface area contributed by atoms with Crippen molar-refractivity contribution in [2.24, 2.45) is 0 Å². The molecule has 2 aromatic heterocycles. The molecule has 3 aromatic rings. The molecule has 4 rings (SSSR count). The average molecular weight is 385 g/mol. The molecule has 1 aromatic carbocycles. The first-order chi connectivity index (χ1) is 13.0. The number of carbonyl (C=O) groups is 1. The Bertz CT molecular complexity index is 1120. The topological polar surface area (TPSA) is 115 Å². The Labute approximate surface area is 157 Å². The van der Waals surface area contributed by atoms with Gasteiger partial charge in [0.2, 0.25) is 0 Å². The van der Waals surface area contributed by atoms with E-state index in [4.69, 9.17) is 4.74 Å². The summed E-state index contributed by atoms with van der Waals surface area (Å²) < 4.78 is 5.14. The molecule has 0 bridgehead atoms. The summed E-state index contributed by atoms with van der Waals surface area (Å²) in [5.41, 5.74) is 0.373. The maximum absolute atomic E-state index is 12.5. The van der Waals surface area contributed by atoms with E-state index in [0.29, 0.717) is 10.2 Å². The molecule has 9 heteroatoms. The van der Waals surface area contributed by atoms with Crippen molar-refractivity contribution in [3.05, 3.63) is 66.6 Å². The molecular formula is C18H15N3O5S. The zero-order valence-corrected chi connectivity index (χ0v) is 15.0.